The Hall–Kier alpha value is -1.19. The van der Waals surface area contributed by atoms with E-state index in [-0.39, 0.29) is 24.4 Å². The van der Waals surface area contributed by atoms with Crippen molar-refractivity contribution in [2.24, 2.45) is 0 Å². The molecule has 0 aromatic carbocycles. The highest BCUT2D eigenvalue weighted by Crippen LogP contribution is 2.22. The number of aromatic nitrogens is 2. The molecule has 0 aliphatic carbocycles. The number of nitrogens with zero attached hydrogens (tertiary/aromatic N) is 2. The molecule has 2 N–H and O–H groups in total. The van der Waals surface area contributed by atoms with Gasteiger partial charge in [0.2, 0.25) is 5.89 Å². The van der Waals surface area contributed by atoms with Gasteiger partial charge >= 0.3 is 6.18 Å². The van der Waals surface area contributed by atoms with E-state index in [2.05, 4.69) is 20.2 Å². The fourth-order valence-corrected chi connectivity index (χ4v) is 1.63. The average Bonchev–Trinajstić information content (AvgIpc) is 2.85. The number of β-amino-alcohol motifs (C(OH)–C–C–N with tert-alkyl or cyclic N) is 1. The lowest BCUT2D eigenvalue weighted by Gasteiger charge is -2.04. The first-order valence-corrected chi connectivity index (χ1v) is 5.32. The van der Waals surface area contributed by atoms with Crippen molar-refractivity contribution in [2.45, 2.75) is 31.3 Å². The molecular weight excluding hydrogens is 255 g/mol. The van der Waals surface area contributed by atoms with Gasteiger partial charge in [0.25, 0.3) is 0 Å². The Bertz CT molecular complexity index is 396. The van der Waals surface area contributed by atoms with Crippen LogP contribution < -0.4 is 5.32 Å². The Morgan fingerprint density at radius 3 is 2.89 bits per heavy atom. The zero-order chi connectivity index (χ0) is 13.2. The third kappa shape index (κ3) is 3.65. The maximum absolute atomic E-state index is 11.8. The quantitative estimate of drug-likeness (QED) is 0.829. The smallest absolute Gasteiger partial charge is 0.392 e. The number of halogens is 3. The Labute approximate surface area is 100 Å². The zero-order valence-electron chi connectivity index (χ0n) is 9.28. The van der Waals surface area contributed by atoms with Crippen LogP contribution in [0.25, 0.3) is 0 Å². The van der Waals surface area contributed by atoms with Crippen molar-refractivity contribution >= 4 is 0 Å². The van der Waals surface area contributed by atoms with Crippen molar-refractivity contribution < 1.29 is 27.5 Å². The molecule has 2 atom stereocenters. The molecule has 6 nitrogen and oxygen atoms in total. The van der Waals surface area contributed by atoms with Crippen LogP contribution in [0.3, 0.4) is 0 Å². The molecule has 0 unspecified atom stereocenters. The van der Waals surface area contributed by atoms with Gasteiger partial charge in [0.15, 0.2) is 5.82 Å². The minimum absolute atomic E-state index is 0.0532. The second kappa shape index (κ2) is 5.21. The molecule has 1 aliphatic heterocycles. The van der Waals surface area contributed by atoms with E-state index in [1.807, 2.05) is 0 Å². The predicted molar refractivity (Wildman–Crippen MR) is 51.4 cm³/mol. The van der Waals surface area contributed by atoms with Crippen LogP contribution in [-0.2, 0) is 11.3 Å². The SMILES string of the molecule is O[C@H]1CN[C@H](c2nc(COCC(F)(F)F)no2)C1. The fourth-order valence-electron chi connectivity index (χ4n) is 1.63. The van der Waals surface area contributed by atoms with E-state index < -0.39 is 18.9 Å². The van der Waals surface area contributed by atoms with Crippen LogP contribution in [0, 0.1) is 0 Å². The van der Waals surface area contributed by atoms with Crippen LogP contribution in [0.4, 0.5) is 13.2 Å². The van der Waals surface area contributed by atoms with Gasteiger partial charge < -0.3 is 19.7 Å². The van der Waals surface area contributed by atoms with Crippen LogP contribution >= 0.6 is 0 Å². The Kier molecular flexibility index (Phi) is 3.83. The summed E-state index contributed by atoms with van der Waals surface area (Å²) in [5.74, 6) is 0.301. The summed E-state index contributed by atoms with van der Waals surface area (Å²) in [7, 11) is 0. The number of rotatable bonds is 4. The van der Waals surface area contributed by atoms with Gasteiger partial charge in [-0.25, -0.2) is 0 Å². The normalized spacial score (nSPS) is 24.7. The van der Waals surface area contributed by atoms with Crippen molar-refractivity contribution in [3.05, 3.63) is 11.7 Å². The molecule has 0 amide bonds. The maximum atomic E-state index is 11.8. The number of nitrogens with one attached hydrogen (secondary N) is 1. The summed E-state index contributed by atoms with van der Waals surface area (Å²) in [5.41, 5.74) is 0. The third-order valence-corrected chi connectivity index (χ3v) is 2.39. The molecule has 1 aliphatic rings. The first-order chi connectivity index (χ1) is 8.44. The number of hydrogen-bond donors (Lipinski definition) is 2. The summed E-state index contributed by atoms with van der Waals surface area (Å²) in [6.07, 6.45) is -4.42. The van der Waals surface area contributed by atoms with Gasteiger partial charge in [-0.3, -0.25) is 0 Å². The molecule has 1 saturated heterocycles. The van der Waals surface area contributed by atoms with Crippen LogP contribution in [0.1, 0.15) is 24.2 Å². The van der Waals surface area contributed by atoms with Gasteiger partial charge in [0.1, 0.15) is 13.2 Å². The minimum Gasteiger partial charge on any atom is -0.392 e. The van der Waals surface area contributed by atoms with E-state index >= 15 is 0 Å². The van der Waals surface area contributed by atoms with Crippen LogP contribution in [0.2, 0.25) is 0 Å². The van der Waals surface area contributed by atoms with Gasteiger partial charge in [0, 0.05) is 6.54 Å². The van der Waals surface area contributed by atoms with Crippen LogP contribution in [0.5, 0.6) is 0 Å². The monoisotopic (exact) mass is 267 g/mol. The molecule has 1 fully saturated rings. The molecule has 1 aromatic rings. The highest BCUT2D eigenvalue weighted by Gasteiger charge is 2.29. The Morgan fingerprint density at radius 1 is 1.50 bits per heavy atom. The number of hydrogen-bond acceptors (Lipinski definition) is 6. The standard InChI is InChI=1S/C9H12F3N3O3/c10-9(11,12)4-17-3-7-14-8(18-15-7)6-1-5(16)2-13-6/h5-6,13,16H,1-4H2/t5-,6+/m1/s1. The Morgan fingerprint density at radius 2 is 2.28 bits per heavy atom. The van der Waals surface area contributed by atoms with Gasteiger partial charge in [-0.1, -0.05) is 5.16 Å². The molecule has 0 radical (unpaired) electrons. The molecule has 2 heterocycles. The Balaban J connectivity index is 1.83. The summed E-state index contributed by atoms with van der Waals surface area (Å²) in [4.78, 5) is 3.90. The number of aliphatic hydroxyl groups excluding tert-OH is 1. The molecule has 102 valence electrons. The lowest BCUT2D eigenvalue weighted by molar-refractivity contribution is -0.177. The van der Waals surface area contributed by atoms with Crippen molar-refractivity contribution in [2.75, 3.05) is 13.2 Å². The summed E-state index contributed by atoms with van der Waals surface area (Å²) in [5, 5.41) is 15.8. The lowest BCUT2D eigenvalue weighted by Crippen LogP contribution is -2.17. The second-order valence-electron chi connectivity index (χ2n) is 4.01. The minimum atomic E-state index is -4.37. The average molecular weight is 267 g/mol. The topological polar surface area (TPSA) is 80.4 Å². The van der Waals surface area contributed by atoms with E-state index in [0.29, 0.717) is 13.0 Å². The van der Waals surface area contributed by atoms with Gasteiger partial charge in [-0.15, -0.1) is 0 Å². The molecule has 0 saturated carbocycles. The summed E-state index contributed by atoms with van der Waals surface area (Å²) < 4.78 is 44.8. The van der Waals surface area contributed by atoms with E-state index in [4.69, 9.17) is 4.52 Å². The predicted octanol–water partition coefficient (Wildman–Crippen LogP) is 0.544. The molecule has 18 heavy (non-hydrogen) atoms. The number of ether oxygens (including phenoxy) is 1. The van der Waals surface area contributed by atoms with E-state index in [9.17, 15) is 18.3 Å². The van der Waals surface area contributed by atoms with E-state index in [1.54, 1.807) is 0 Å². The van der Waals surface area contributed by atoms with Crippen molar-refractivity contribution in [1.82, 2.24) is 15.5 Å². The first kappa shape index (κ1) is 13.2. The summed E-state index contributed by atoms with van der Waals surface area (Å²) in [6.45, 7) is -1.29. The summed E-state index contributed by atoms with van der Waals surface area (Å²) in [6, 6.07) is -0.260. The van der Waals surface area contributed by atoms with E-state index in [1.165, 1.54) is 0 Å². The maximum Gasteiger partial charge on any atom is 0.411 e. The van der Waals surface area contributed by atoms with Gasteiger partial charge in [-0.05, 0) is 6.42 Å². The van der Waals surface area contributed by atoms with Crippen molar-refractivity contribution in [1.29, 1.82) is 0 Å². The molecule has 0 spiro atoms. The number of aliphatic hydroxyl groups is 1. The molecule has 1 aromatic heterocycles. The molecule has 2 rings (SSSR count). The highest BCUT2D eigenvalue weighted by molar-refractivity contribution is 4.96. The highest BCUT2D eigenvalue weighted by atomic mass is 19.4. The molecule has 9 heteroatoms. The van der Waals surface area contributed by atoms with Crippen molar-refractivity contribution in [3.8, 4) is 0 Å². The number of alkyl halides is 3. The van der Waals surface area contributed by atoms with Crippen molar-refractivity contribution in [3.63, 3.8) is 0 Å². The fraction of sp³-hybridized carbons (Fsp3) is 0.778. The van der Waals surface area contributed by atoms with Crippen LogP contribution in [0.15, 0.2) is 4.52 Å². The lowest BCUT2D eigenvalue weighted by atomic mass is 10.2. The first-order valence-electron chi connectivity index (χ1n) is 5.32. The van der Waals surface area contributed by atoms with Gasteiger partial charge in [0.05, 0.1) is 12.1 Å². The molecular formula is C9H12F3N3O3. The molecule has 0 bridgehead atoms. The zero-order valence-corrected chi connectivity index (χ0v) is 9.28. The summed E-state index contributed by atoms with van der Waals surface area (Å²) >= 11 is 0. The van der Waals surface area contributed by atoms with Gasteiger partial charge in [-0.2, -0.15) is 18.2 Å². The second-order valence-corrected chi connectivity index (χ2v) is 4.01. The largest absolute Gasteiger partial charge is 0.411 e. The van der Waals surface area contributed by atoms with Crippen LogP contribution in [-0.4, -0.2) is 40.7 Å². The third-order valence-electron chi connectivity index (χ3n) is 2.39. The van der Waals surface area contributed by atoms with E-state index in [0.717, 1.165) is 0 Å².